The third kappa shape index (κ3) is 3.73. The molecule has 0 unspecified atom stereocenters. The Morgan fingerprint density at radius 2 is 1.57 bits per heavy atom. The summed E-state index contributed by atoms with van der Waals surface area (Å²) < 4.78 is 0. The predicted molar refractivity (Wildman–Crippen MR) is 98.2 cm³/mol. The lowest BCUT2D eigenvalue weighted by atomic mass is 9.92. The van der Waals surface area contributed by atoms with E-state index in [0.717, 1.165) is 22.4 Å². The third-order valence-corrected chi connectivity index (χ3v) is 4.14. The highest BCUT2D eigenvalue weighted by Crippen LogP contribution is 2.32. The van der Waals surface area contributed by atoms with Crippen LogP contribution in [-0.4, -0.2) is 5.91 Å². The standard InChI is InChI=1S/C20H26N2O/c1-12(2)16-7-6-8-17(13(3)4)19(16)22-20(23)15-9-10-18(21)14(5)11-15/h6-13H,21H2,1-5H3,(H,22,23). The Morgan fingerprint density at radius 1 is 1.00 bits per heavy atom. The van der Waals surface area contributed by atoms with Gasteiger partial charge in [0.05, 0.1) is 0 Å². The average Bonchev–Trinajstić information content (AvgIpc) is 2.49. The molecule has 0 heterocycles. The number of aryl methyl sites for hydroxylation is 1. The fraction of sp³-hybridized carbons (Fsp3) is 0.350. The Bertz CT molecular complexity index is 691. The first-order chi connectivity index (χ1) is 10.8. The topological polar surface area (TPSA) is 55.1 Å². The zero-order chi connectivity index (χ0) is 17.1. The van der Waals surface area contributed by atoms with Gasteiger partial charge in [-0.3, -0.25) is 4.79 Å². The van der Waals surface area contributed by atoms with Crippen molar-refractivity contribution in [3.63, 3.8) is 0 Å². The Morgan fingerprint density at radius 3 is 2.04 bits per heavy atom. The third-order valence-electron chi connectivity index (χ3n) is 4.14. The molecule has 3 N–H and O–H groups in total. The number of anilines is 2. The van der Waals surface area contributed by atoms with Crippen LogP contribution in [0.25, 0.3) is 0 Å². The van der Waals surface area contributed by atoms with Gasteiger partial charge in [-0.1, -0.05) is 45.9 Å². The number of hydrogen-bond acceptors (Lipinski definition) is 2. The fourth-order valence-electron chi connectivity index (χ4n) is 2.70. The highest BCUT2D eigenvalue weighted by atomic mass is 16.1. The molecule has 23 heavy (non-hydrogen) atoms. The summed E-state index contributed by atoms with van der Waals surface area (Å²) in [5, 5.41) is 3.13. The van der Waals surface area contributed by atoms with Crippen LogP contribution >= 0.6 is 0 Å². The van der Waals surface area contributed by atoms with Gasteiger partial charge in [0.15, 0.2) is 0 Å². The molecule has 0 aliphatic carbocycles. The molecule has 0 saturated carbocycles. The molecule has 0 aromatic heterocycles. The highest BCUT2D eigenvalue weighted by molar-refractivity contribution is 6.05. The van der Waals surface area contributed by atoms with Crippen molar-refractivity contribution in [3.05, 3.63) is 58.7 Å². The molecule has 0 atom stereocenters. The van der Waals surface area contributed by atoms with Crippen molar-refractivity contribution in [2.75, 3.05) is 11.1 Å². The summed E-state index contributed by atoms with van der Waals surface area (Å²) >= 11 is 0. The molecule has 0 spiro atoms. The van der Waals surface area contributed by atoms with E-state index in [1.54, 1.807) is 12.1 Å². The lowest BCUT2D eigenvalue weighted by molar-refractivity contribution is 0.102. The number of nitrogens with two attached hydrogens (primary N) is 1. The van der Waals surface area contributed by atoms with Gasteiger partial charge >= 0.3 is 0 Å². The number of rotatable bonds is 4. The van der Waals surface area contributed by atoms with Gasteiger partial charge in [-0.05, 0) is 53.6 Å². The number of hydrogen-bond donors (Lipinski definition) is 2. The largest absolute Gasteiger partial charge is 0.399 e. The van der Waals surface area contributed by atoms with Gasteiger partial charge in [0, 0.05) is 16.9 Å². The van der Waals surface area contributed by atoms with Crippen LogP contribution in [0.2, 0.25) is 0 Å². The van der Waals surface area contributed by atoms with Crippen LogP contribution in [0.5, 0.6) is 0 Å². The van der Waals surface area contributed by atoms with Gasteiger partial charge in [-0.2, -0.15) is 0 Å². The zero-order valence-electron chi connectivity index (χ0n) is 14.6. The molecule has 0 bridgehead atoms. The number of amides is 1. The molecule has 122 valence electrons. The molecule has 0 aliphatic heterocycles. The second-order valence-electron chi connectivity index (χ2n) is 6.65. The fourth-order valence-corrected chi connectivity index (χ4v) is 2.70. The van der Waals surface area contributed by atoms with Crippen LogP contribution in [0.4, 0.5) is 11.4 Å². The predicted octanol–water partition coefficient (Wildman–Crippen LogP) is 5.08. The second kappa shape index (κ2) is 6.86. The molecule has 2 rings (SSSR count). The second-order valence-corrected chi connectivity index (χ2v) is 6.65. The van der Waals surface area contributed by atoms with Crippen molar-refractivity contribution in [2.45, 2.75) is 46.5 Å². The average molecular weight is 310 g/mol. The van der Waals surface area contributed by atoms with Crippen LogP contribution in [0.15, 0.2) is 36.4 Å². The Hall–Kier alpha value is -2.29. The molecular weight excluding hydrogens is 284 g/mol. The van der Waals surface area contributed by atoms with Crippen LogP contribution in [0, 0.1) is 6.92 Å². The molecule has 0 fully saturated rings. The van der Waals surface area contributed by atoms with Gasteiger partial charge in [0.25, 0.3) is 5.91 Å². The molecule has 2 aromatic carbocycles. The maximum Gasteiger partial charge on any atom is 0.255 e. The van der Waals surface area contributed by atoms with Crippen molar-refractivity contribution in [1.29, 1.82) is 0 Å². The Labute approximate surface area is 138 Å². The number of nitrogens with one attached hydrogen (secondary N) is 1. The zero-order valence-corrected chi connectivity index (χ0v) is 14.6. The smallest absolute Gasteiger partial charge is 0.255 e. The van der Waals surface area contributed by atoms with E-state index in [2.05, 4.69) is 51.2 Å². The first-order valence-corrected chi connectivity index (χ1v) is 8.11. The molecule has 1 amide bonds. The number of nitrogen functional groups attached to an aromatic ring is 1. The van der Waals surface area contributed by atoms with Crippen molar-refractivity contribution in [3.8, 4) is 0 Å². The van der Waals surface area contributed by atoms with Crippen LogP contribution < -0.4 is 11.1 Å². The first kappa shape index (κ1) is 17.1. The minimum absolute atomic E-state index is 0.0944. The summed E-state index contributed by atoms with van der Waals surface area (Å²) in [5.74, 6) is 0.595. The van der Waals surface area contributed by atoms with E-state index < -0.39 is 0 Å². The van der Waals surface area contributed by atoms with E-state index in [9.17, 15) is 4.79 Å². The summed E-state index contributed by atoms with van der Waals surface area (Å²) in [6.45, 7) is 10.5. The van der Waals surface area contributed by atoms with Crippen molar-refractivity contribution in [2.24, 2.45) is 0 Å². The molecule has 3 heteroatoms. The summed E-state index contributed by atoms with van der Waals surface area (Å²) in [5.41, 5.74) is 11.4. The van der Waals surface area contributed by atoms with Crippen molar-refractivity contribution in [1.82, 2.24) is 0 Å². The summed E-state index contributed by atoms with van der Waals surface area (Å²) in [7, 11) is 0. The van der Waals surface area contributed by atoms with E-state index >= 15 is 0 Å². The van der Waals surface area contributed by atoms with Crippen LogP contribution in [0.3, 0.4) is 0 Å². The van der Waals surface area contributed by atoms with E-state index in [1.165, 1.54) is 0 Å². The van der Waals surface area contributed by atoms with Gasteiger partial charge in [-0.15, -0.1) is 0 Å². The van der Waals surface area contributed by atoms with Gasteiger partial charge in [0.2, 0.25) is 0 Å². The van der Waals surface area contributed by atoms with Crippen molar-refractivity contribution >= 4 is 17.3 Å². The van der Waals surface area contributed by atoms with Gasteiger partial charge < -0.3 is 11.1 Å². The van der Waals surface area contributed by atoms with Crippen LogP contribution in [-0.2, 0) is 0 Å². The Balaban J connectivity index is 2.41. The van der Waals surface area contributed by atoms with Crippen molar-refractivity contribution < 1.29 is 4.79 Å². The lowest BCUT2D eigenvalue weighted by Gasteiger charge is -2.20. The monoisotopic (exact) mass is 310 g/mol. The maximum atomic E-state index is 12.7. The molecule has 0 radical (unpaired) electrons. The van der Waals surface area contributed by atoms with E-state index in [-0.39, 0.29) is 5.91 Å². The molecule has 3 nitrogen and oxygen atoms in total. The van der Waals surface area contributed by atoms with E-state index in [1.807, 2.05) is 13.0 Å². The lowest BCUT2D eigenvalue weighted by Crippen LogP contribution is -2.16. The van der Waals surface area contributed by atoms with E-state index in [0.29, 0.717) is 23.1 Å². The minimum atomic E-state index is -0.0944. The summed E-state index contributed by atoms with van der Waals surface area (Å²) in [6, 6.07) is 11.6. The summed E-state index contributed by atoms with van der Waals surface area (Å²) in [6.07, 6.45) is 0. The normalized spacial score (nSPS) is 11.1. The number of para-hydroxylation sites is 1. The molecule has 0 aliphatic rings. The number of carbonyl (C=O) groups excluding carboxylic acids is 1. The quantitative estimate of drug-likeness (QED) is 0.774. The van der Waals surface area contributed by atoms with E-state index in [4.69, 9.17) is 5.73 Å². The maximum absolute atomic E-state index is 12.7. The molecular formula is C20H26N2O. The minimum Gasteiger partial charge on any atom is -0.399 e. The SMILES string of the molecule is Cc1cc(C(=O)Nc2c(C(C)C)cccc2C(C)C)ccc1N. The molecule has 2 aromatic rings. The van der Waals surface area contributed by atoms with Gasteiger partial charge in [-0.25, -0.2) is 0 Å². The Kier molecular flexibility index (Phi) is 5.09. The van der Waals surface area contributed by atoms with Gasteiger partial charge in [0.1, 0.15) is 0 Å². The number of benzene rings is 2. The summed E-state index contributed by atoms with van der Waals surface area (Å²) in [4.78, 5) is 12.7. The number of carbonyl (C=O) groups is 1. The first-order valence-electron chi connectivity index (χ1n) is 8.11. The molecule has 0 saturated heterocycles. The van der Waals surface area contributed by atoms with Crippen LogP contribution in [0.1, 0.15) is 66.6 Å². The highest BCUT2D eigenvalue weighted by Gasteiger charge is 2.17.